The Morgan fingerprint density at radius 1 is 0.658 bits per heavy atom. The van der Waals surface area contributed by atoms with Gasteiger partial charge in [-0.1, -0.05) is 0 Å². The molecule has 2 aromatic heterocycles. The zero-order valence-corrected chi connectivity index (χ0v) is 21.4. The first-order chi connectivity index (χ1) is 18.3. The molecule has 0 atom stereocenters. The molecule has 0 aliphatic heterocycles. The fourth-order valence-electron chi connectivity index (χ4n) is 4.29. The van der Waals surface area contributed by atoms with Crippen LogP contribution >= 0.6 is 0 Å². The first kappa shape index (κ1) is 26.5. The first-order valence-electron chi connectivity index (χ1n) is 11.7. The van der Waals surface area contributed by atoms with Crippen LogP contribution in [0.5, 0.6) is 11.5 Å². The van der Waals surface area contributed by atoms with Gasteiger partial charge in [0.25, 0.3) is 0 Å². The number of hydrogen-bond donors (Lipinski definition) is 0. The molecule has 0 aliphatic rings. The van der Waals surface area contributed by atoms with Gasteiger partial charge in [0.15, 0.2) is 10.9 Å². The molecule has 0 N–H and O–H groups in total. The molecule has 0 spiro atoms. The largest absolute Gasteiger partial charge is 0.495 e. The second-order valence-electron chi connectivity index (χ2n) is 8.35. The monoisotopic (exact) mass is 522 g/mol. The Balaban J connectivity index is 1.83. The molecule has 198 valence electrons. The van der Waals surface area contributed by atoms with Gasteiger partial charge in [-0.05, 0) is 24.3 Å². The van der Waals surface area contributed by atoms with Crippen molar-refractivity contribution in [2.24, 2.45) is 0 Å². The summed E-state index contributed by atoms with van der Waals surface area (Å²) in [5, 5.41) is 0.415. The second-order valence-corrected chi connectivity index (χ2v) is 8.35. The summed E-state index contributed by atoms with van der Waals surface area (Å²) < 4.78 is 32.3. The molecule has 0 aliphatic carbocycles. The molecule has 0 saturated heterocycles. The molecule has 0 amide bonds. The number of methoxy groups -OCH3 is 4. The quantitative estimate of drug-likeness (QED) is 0.299. The average molecular weight is 523 g/mol. The minimum absolute atomic E-state index is 0.0709. The van der Waals surface area contributed by atoms with E-state index in [0.717, 1.165) is 0 Å². The Kier molecular flexibility index (Phi) is 7.80. The smallest absolute Gasteiger partial charge is 0.305 e. The summed E-state index contributed by atoms with van der Waals surface area (Å²) >= 11 is 0. The van der Waals surface area contributed by atoms with E-state index in [9.17, 15) is 19.2 Å². The van der Waals surface area contributed by atoms with Gasteiger partial charge < -0.3 is 27.8 Å². The van der Waals surface area contributed by atoms with Crippen LogP contribution in [0.3, 0.4) is 0 Å². The van der Waals surface area contributed by atoms with Crippen molar-refractivity contribution in [3.05, 3.63) is 68.4 Å². The minimum Gasteiger partial charge on any atom is -0.495 e. The van der Waals surface area contributed by atoms with E-state index in [1.165, 1.54) is 40.6 Å². The van der Waals surface area contributed by atoms with E-state index in [1.54, 1.807) is 24.3 Å². The van der Waals surface area contributed by atoms with Crippen molar-refractivity contribution in [3.8, 4) is 22.6 Å². The number of hydrogen-bond acceptors (Lipinski definition) is 10. The minimum atomic E-state index is -0.413. The lowest BCUT2D eigenvalue weighted by Gasteiger charge is -2.16. The van der Waals surface area contributed by atoms with Crippen molar-refractivity contribution in [2.45, 2.75) is 25.7 Å². The lowest BCUT2D eigenvalue weighted by Crippen LogP contribution is -2.08. The van der Waals surface area contributed by atoms with Gasteiger partial charge in [0.1, 0.15) is 45.0 Å². The number of esters is 2. The number of carbonyl (C=O) groups excluding carboxylic acids is 2. The Hall–Kier alpha value is -4.60. The van der Waals surface area contributed by atoms with Crippen LogP contribution in [0.25, 0.3) is 33.1 Å². The molecule has 10 heteroatoms. The normalized spacial score (nSPS) is 10.9. The summed E-state index contributed by atoms with van der Waals surface area (Å²) in [7, 11) is 5.44. The topological polar surface area (TPSA) is 131 Å². The number of aryl methyl sites for hydroxylation is 2. The van der Waals surface area contributed by atoms with Gasteiger partial charge in [0.2, 0.25) is 0 Å². The van der Waals surface area contributed by atoms with Gasteiger partial charge in [-0.3, -0.25) is 19.2 Å². The second kappa shape index (κ2) is 11.2. The maximum Gasteiger partial charge on any atom is 0.305 e. The van der Waals surface area contributed by atoms with Crippen LogP contribution < -0.4 is 20.3 Å². The zero-order valence-electron chi connectivity index (χ0n) is 21.4. The lowest BCUT2D eigenvalue weighted by molar-refractivity contribution is -0.141. The molecule has 4 aromatic rings. The standard InChI is InChI=1S/C28H26O10/c1-33-23(31)11-5-15-13-19(29)25-21(37-15)9-7-17(27(25)35-3)18-8-10-22-26(28(18)36-4)20(30)14-16(38-22)6-12-24(32)34-2/h7-10,13-14H,5-6,11-12H2,1-4H3. The summed E-state index contributed by atoms with van der Waals surface area (Å²) in [6.45, 7) is 0. The third kappa shape index (κ3) is 5.10. The molecule has 38 heavy (non-hydrogen) atoms. The van der Waals surface area contributed by atoms with E-state index in [0.29, 0.717) is 22.6 Å². The first-order valence-corrected chi connectivity index (χ1v) is 11.7. The Bertz CT molecular complexity index is 1520. The van der Waals surface area contributed by atoms with E-state index < -0.39 is 11.9 Å². The maximum absolute atomic E-state index is 13.1. The molecule has 0 unspecified atom stereocenters. The lowest BCUT2D eigenvalue weighted by atomic mass is 9.98. The van der Waals surface area contributed by atoms with Crippen molar-refractivity contribution < 1.29 is 37.4 Å². The summed E-state index contributed by atoms with van der Waals surface area (Å²) in [6, 6.07) is 9.28. The van der Waals surface area contributed by atoms with Crippen LogP contribution in [0.2, 0.25) is 0 Å². The number of rotatable bonds is 9. The van der Waals surface area contributed by atoms with Crippen LogP contribution in [0.4, 0.5) is 0 Å². The number of carbonyl (C=O) groups is 2. The molecule has 10 nitrogen and oxygen atoms in total. The van der Waals surface area contributed by atoms with Gasteiger partial charge >= 0.3 is 11.9 Å². The highest BCUT2D eigenvalue weighted by molar-refractivity contribution is 5.98. The fraction of sp³-hybridized carbons (Fsp3) is 0.286. The molecular weight excluding hydrogens is 496 g/mol. The molecule has 2 heterocycles. The van der Waals surface area contributed by atoms with E-state index in [1.807, 2.05) is 0 Å². The molecule has 4 rings (SSSR count). The highest BCUT2D eigenvalue weighted by Gasteiger charge is 2.22. The predicted octanol–water partition coefficient (Wildman–Crippen LogP) is 3.79. The molecule has 0 bridgehead atoms. The highest BCUT2D eigenvalue weighted by atomic mass is 16.5. The Labute approximate surface area is 216 Å². The van der Waals surface area contributed by atoms with Crippen molar-refractivity contribution in [1.82, 2.24) is 0 Å². The van der Waals surface area contributed by atoms with Crippen molar-refractivity contribution in [2.75, 3.05) is 28.4 Å². The number of benzene rings is 2. The number of fused-ring (bicyclic) bond motifs is 2. The summed E-state index contributed by atoms with van der Waals surface area (Å²) in [5.74, 6) is 0.339. The average Bonchev–Trinajstić information content (AvgIpc) is 2.93. The van der Waals surface area contributed by atoms with Gasteiger partial charge in [0.05, 0.1) is 41.3 Å². The van der Waals surface area contributed by atoms with Crippen LogP contribution in [-0.4, -0.2) is 40.4 Å². The zero-order chi connectivity index (χ0) is 27.4. The summed E-state index contributed by atoms with van der Waals surface area (Å²) in [5.41, 5.74) is 0.878. The third-order valence-corrected chi connectivity index (χ3v) is 6.10. The molecule has 2 aromatic carbocycles. The van der Waals surface area contributed by atoms with Crippen LogP contribution in [0, 0.1) is 0 Å². The summed E-state index contributed by atoms with van der Waals surface area (Å²) in [4.78, 5) is 49.1. The van der Waals surface area contributed by atoms with Crippen molar-refractivity contribution >= 4 is 33.9 Å². The van der Waals surface area contributed by atoms with E-state index in [-0.39, 0.29) is 70.0 Å². The molecular formula is C28H26O10. The maximum atomic E-state index is 13.1. The van der Waals surface area contributed by atoms with Gasteiger partial charge in [-0.15, -0.1) is 0 Å². The Morgan fingerprint density at radius 2 is 1.05 bits per heavy atom. The van der Waals surface area contributed by atoms with E-state index in [4.69, 9.17) is 18.3 Å². The van der Waals surface area contributed by atoms with Crippen molar-refractivity contribution in [1.29, 1.82) is 0 Å². The Morgan fingerprint density at radius 3 is 1.39 bits per heavy atom. The highest BCUT2D eigenvalue weighted by Crippen LogP contribution is 2.42. The number of ether oxygens (including phenoxy) is 4. The third-order valence-electron chi connectivity index (χ3n) is 6.10. The SMILES string of the molecule is COC(=O)CCc1cc(=O)c2c(OC)c(-c3ccc4oc(CCC(=O)OC)cc(=O)c4c3OC)ccc2o1. The van der Waals surface area contributed by atoms with E-state index in [2.05, 4.69) is 9.47 Å². The predicted molar refractivity (Wildman–Crippen MR) is 138 cm³/mol. The fourth-order valence-corrected chi connectivity index (χ4v) is 4.29. The van der Waals surface area contributed by atoms with E-state index >= 15 is 0 Å². The molecule has 0 radical (unpaired) electrons. The molecule has 0 fully saturated rings. The van der Waals surface area contributed by atoms with Crippen LogP contribution in [-0.2, 0) is 31.9 Å². The van der Waals surface area contributed by atoms with Crippen LogP contribution in [0.15, 0.2) is 54.8 Å². The molecule has 0 saturated carbocycles. The summed E-state index contributed by atoms with van der Waals surface area (Å²) in [6.07, 6.45) is 0.554. The van der Waals surface area contributed by atoms with Crippen molar-refractivity contribution in [3.63, 3.8) is 0 Å². The van der Waals surface area contributed by atoms with Crippen LogP contribution in [0.1, 0.15) is 24.4 Å². The van der Waals surface area contributed by atoms with Gasteiger partial charge in [-0.25, -0.2) is 0 Å². The van der Waals surface area contributed by atoms with Gasteiger partial charge in [-0.2, -0.15) is 0 Å². The van der Waals surface area contributed by atoms with Gasteiger partial charge in [0, 0.05) is 36.1 Å².